The van der Waals surface area contributed by atoms with Crippen LogP contribution < -0.4 is 0 Å². The molecule has 2 aliphatic rings. The lowest BCUT2D eigenvalue weighted by Gasteiger charge is -2.43. The SMILES string of the molecule is C=CN=C(C)C(/C(=C\C)C1CCC1)=C(\C)N1CCN(C(=O)C(C)C)C(C)C1. The third-order valence-electron chi connectivity index (χ3n) is 6.03. The summed E-state index contributed by atoms with van der Waals surface area (Å²) in [6.07, 6.45) is 7.76. The first-order valence-electron chi connectivity index (χ1n) is 10.4. The Bertz CT molecular complexity index is 653. The fraction of sp³-hybridized carbons (Fsp3) is 0.652. The first-order chi connectivity index (χ1) is 12.8. The third kappa shape index (κ3) is 4.72. The highest BCUT2D eigenvalue weighted by Crippen LogP contribution is 2.38. The van der Waals surface area contributed by atoms with Crippen LogP contribution in [0.3, 0.4) is 0 Å². The lowest BCUT2D eigenvalue weighted by atomic mass is 9.75. The van der Waals surface area contributed by atoms with Crippen LogP contribution in [-0.2, 0) is 4.79 Å². The molecule has 0 aromatic rings. The van der Waals surface area contributed by atoms with E-state index in [1.807, 2.05) is 18.7 Å². The molecule has 2 rings (SSSR count). The highest BCUT2D eigenvalue weighted by atomic mass is 16.2. The van der Waals surface area contributed by atoms with E-state index in [9.17, 15) is 4.79 Å². The molecule has 150 valence electrons. The summed E-state index contributed by atoms with van der Waals surface area (Å²) in [5, 5.41) is 0. The van der Waals surface area contributed by atoms with Crippen LogP contribution in [0.25, 0.3) is 0 Å². The zero-order valence-corrected chi connectivity index (χ0v) is 18.1. The lowest BCUT2D eigenvalue weighted by Crippen LogP contribution is -2.54. The predicted octanol–water partition coefficient (Wildman–Crippen LogP) is 4.80. The molecule has 1 atom stereocenters. The molecule has 0 spiro atoms. The largest absolute Gasteiger partial charge is 0.371 e. The van der Waals surface area contributed by atoms with Crippen molar-refractivity contribution in [2.45, 2.75) is 66.8 Å². The molecule has 1 saturated heterocycles. The maximum absolute atomic E-state index is 12.5. The van der Waals surface area contributed by atoms with Crippen LogP contribution in [0.2, 0.25) is 0 Å². The second-order valence-electron chi connectivity index (χ2n) is 8.21. The summed E-state index contributed by atoms with van der Waals surface area (Å²) in [6.45, 7) is 18.9. The van der Waals surface area contributed by atoms with Gasteiger partial charge in [-0.15, -0.1) is 0 Å². The number of carbonyl (C=O) groups excluding carboxylic acids is 1. The zero-order chi connectivity index (χ0) is 20.1. The van der Waals surface area contributed by atoms with Gasteiger partial charge in [0.15, 0.2) is 0 Å². The molecule has 0 bridgehead atoms. The molecule has 1 unspecified atom stereocenters. The van der Waals surface area contributed by atoms with Gasteiger partial charge in [0.2, 0.25) is 5.91 Å². The van der Waals surface area contributed by atoms with Crippen LogP contribution in [0.15, 0.2) is 40.7 Å². The molecule has 4 nitrogen and oxygen atoms in total. The van der Waals surface area contributed by atoms with Gasteiger partial charge in [-0.05, 0) is 52.0 Å². The second kappa shape index (κ2) is 9.38. The van der Waals surface area contributed by atoms with Gasteiger partial charge >= 0.3 is 0 Å². The number of aliphatic imine (C=N–C) groups is 1. The van der Waals surface area contributed by atoms with Crippen molar-refractivity contribution in [1.29, 1.82) is 0 Å². The zero-order valence-electron chi connectivity index (χ0n) is 18.1. The van der Waals surface area contributed by atoms with E-state index in [0.717, 1.165) is 25.3 Å². The van der Waals surface area contributed by atoms with Crippen LogP contribution in [0, 0.1) is 11.8 Å². The molecule has 27 heavy (non-hydrogen) atoms. The van der Waals surface area contributed by atoms with Crippen molar-refractivity contribution in [2.24, 2.45) is 16.8 Å². The van der Waals surface area contributed by atoms with Crippen LogP contribution >= 0.6 is 0 Å². The summed E-state index contributed by atoms with van der Waals surface area (Å²) >= 11 is 0. The molecule has 4 heteroatoms. The van der Waals surface area contributed by atoms with Crippen molar-refractivity contribution in [3.8, 4) is 0 Å². The average Bonchev–Trinajstić information content (AvgIpc) is 2.58. The van der Waals surface area contributed by atoms with E-state index in [1.54, 1.807) is 6.20 Å². The molecule has 1 saturated carbocycles. The van der Waals surface area contributed by atoms with Gasteiger partial charge in [-0.1, -0.05) is 32.9 Å². The van der Waals surface area contributed by atoms with Gasteiger partial charge in [0, 0.05) is 54.8 Å². The lowest BCUT2D eigenvalue weighted by molar-refractivity contribution is -0.138. The van der Waals surface area contributed by atoms with Crippen molar-refractivity contribution < 1.29 is 4.79 Å². The Morgan fingerprint density at radius 2 is 1.89 bits per heavy atom. The van der Waals surface area contributed by atoms with Crippen molar-refractivity contribution in [2.75, 3.05) is 19.6 Å². The number of nitrogens with zero attached hydrogens (tertiary/aromatic N) is 3. The third-order valence-corrected chi connectivity index (χ3v) is 6.03. The summed E-state index contributed by atoms with van der Waals surface area (Å²) in [4.78, 5) is 21.5. The standard InChI is InChI=1S/C23H37N3O/c1-8-21(20-11-10-12-20)22(18(6)24-9-2)19(7)25-13-14-26(17(5)15-25)23(27)16(3)4/h8-9,16-17,20H,2,10-15H2,1,3-7H3/b21-8-,22-19-,24-18?. The molecule has 0 N–H and O–H groups in total. The van der Waals surface area contributed by atoms with E-state index in [4.69, 9.17) is 0 Å². The minimum Gasteiger partial charge on any atom is -0.371 e. The topological polar surface area (TPSA) is 35.9 Å². The molecule has 1 heterocycles. The summed E-state index contributed by atoms with van der Waals surface area (Å²) in [5.74, 6) is 0.967. The molecular formula is C23H37N3O. The van der Waals surface area contributed by atoms with Gasteiger partial charge in [-0.2, -0.15) is 0 Å². The number of hydrogen-bond donors (Lipinski definition) is 0. The normalized spacial score (nSPS) is 23.3. The fourth-order valence-corrected chi connectivity index (χ4v) is 4.26. The Kier molecular flexibility index (Phi) is 7.46. The molecular weight excluding hydrogens is 334 g/mol. The first-order valence-corrected chi connectivity index (χ1v) is 10.4. The van der Waals surface area contributed by atoms with Crippen LogP contribution in [0.4, 0.5) is 0 Å². The number of piperazine rings is 1. The number of carbonyl (C=O) groups is 1. The minimum absolute atomic E-state index is 0.0569. The van der Waals surface area contributed by atoms with E-state index in [2.05, 4.69) is 50.2 Å². The number of rotatable bonds is 6. The Hall–Kier alpha value is -1.84. The van der Waals surface area contributed by atoms with E-state index in [1.165, 1.54) is 36.1 Å². The molecule has 0 aromatic heterocycles. The summed E-state index contributed by atoms with van der Waals surface area (Å²) in [5.41, 5.74) is 5.02. The maximum Gasteiger partial charge on any atom is 0.225 e. The van der Waals surface area contributed by atoms with Gasteiger partial charge in [0.1, 0.15) is 0 Å². The van der Waals surface area contributed by atoms with E-state index >= 15 is 0 Å². The van der Waals surface area contributed by atoms with Crippen LogP contribution in [0.1, 0.15) is 60.8 Å². The van der Waals surface area contributed by atoms with E-state index in [-0.39, 0.29) is 17.9 Å². The molecule has 1 amide bonds. The Morgan fingerprint density at radius 1 is 1.22 bits per heavy atom. The van der Waals surface area contributed by atoms with Gasteiger partial charge in [0.25, 0.3) is 0 Å². The van der Waals surface area contributed by atoms with Crippen molar-refractivity contribution in [1.82, 2.24) is 9.80 Å². The number of amides is 1. The highest BCUT2D eigenvalue weighted by Gasteiger charge is 2.31. The van der Waals surface area contributed by atoms with Crippen molar-refractivity contribution in [3.63, 3.8) is 0 Å². The van der Waals surface area contributed by atoms with Gasteiger partial charge in [-0.3, -0.25) is 9.79 Å². The molecule has 1 aliphatic carbocycles. The molecule has 1 aliphatic heterocycles. The van der Waals surface area contributed by atoms with Crippen molar-refractivity contribution >= 4 is 11.6 Å². The number of hydrogen-bond acceptors (Lipinski definition) is 3. The molecule has 0 aromatic carbocycles. The Labute approximate surface area is 165 Å². The maximum atomic E-state index is 12.5. The Balaban J connectivity index is 2.31. The monoisotopic (exact) mass is 371 g/mol. The number of allylic oxidation sites excluding steroid dienone is 4. The van der Waals surface area contributed by atoms with Crippen LogP contribution in [-0.4, -0.2) is 47.1 Å². The van der Waals surface area contributed by atoms with Crippen LogP contribution in [0.5, 0.6) is 0 Å². The first kappa shape index (κ1) is 21.5. The molecule has 0 radical (unpaired) electrons. The predicted molar refractivity (Wildman–Crippen MR) is 115 cm³/mol. The Morgan fingerprint density at radius 3 is 2.33 bits per heavy atom. The summed E-state index contributed by atoms with van der Waals surface area (Å²) < 4.78 is 0. The average molecular weight is 372 g/mol. The summed E-state index contributed by atoms with van der Waals surface area (Å²) in [6, 6.07) is 0.222. The summed E-state index contributed by atoms with van der Waals surface area (Å²) in [7, 11) is 0. The van der Waals surface area contributed by atoms with E-state index < -0.39 is 0 Å². The van der Waals surface area contributed by atoms with Gasteiger partial charge < -0.3 is 9.80 Å². The van der Waals surface area contributed by atoms with Gasteiger partial charge in [0.05, 0.1) is 0 Å². The minimum atomic E-state index is 0.0569. The highest BCUT2D eigenvalue weighted by molar-refractivity contribution is 6.03. The van der Waals surface area contributed by atoms with Gasteiger partial charge in [-0.25, -0.2) is 0 Å². The smallest absolute Gasteiger partial charge is 0.225 e. The van der Waals surface area contributed by atoms with Crippen molar-refractivity contribution in [3.05, 3.63) is 35.7 Å². The quantitative estimate of drug-likeness (QED) is 0.497. The van der Waals surface area contributed by atoms with E-state index in [0.29, 0.717) is 5.92 Å². The molecule has 2 fully saturated rings. The second-order valence-corrected chi connectivity index (χ2v) is 8.21. The fourth-order valence-electron chi connectivity index (χ4n) is 4.26.